The summed E-state index contributed by atoms with van der Waals surface area (Å²) in [5.74, 6) is -0.106. The normalized spacial score (nSPS) is 14.7. The summed E-state index contributed by atoms with van der Waals surface area (Å²) in [5.41, 5.74) is 5.16. The average molecular weight is 359 g/mol. The minimum atomic E-state index is -0.445. The molecule has 0 aromatic heterocycles. The molecule has 2 aromatic carbocycles. The largest absolute Gasteiger partial charge is 0.402 e. The number of esters is 1. The van der Waals surface area contributed by atoms with Crippen LogP contribution in [0.15, 0.2) is 53.2 Å². The number of carbonyl (C=O) groups is 1. The van der Waals surface area contributed by atoms with Gasteiger partial charge in [-0.15, -0.1) is 0 Å². The Hall–Kier alpha value is -3.39. The number of ether oxygens (including phenoxy) is 1. The van der Waals surface area contributed by atoms with Gasteiger partial charge in [-0.1, -0.05) is 29.3 Å². The van der Waals surface area contributed by atoms with Gasteiger partial charge in [0.05, 0.1) is 12.5 Å². The third-order valence-corrected chi connectivity index (χ3v) is 4.29. The Bertz CT molecular complexity index is 946. The SMILES string of the molecule is Cc1cc(C)cc(C2=N/C(=C\c3ccc(N(C)CCC#N)cc3)C(=O)O2)c1. The molecule has 0 radical (unpaired) electrons. The number of anilines is 1. The molecule has 0 N–H and O–H groups in total. The van der Waals surface area contributed by atoms with Crippen LogP contribution in [-0.4, -0.2) is 25.5 Å². The van der Waals surface area contributed by atoms with Gasteiger partial charge in [0, 0.05) is 24.8 Å². The molecule has 0 fully saturated rings. The first kappa shape index (κ1) is 18.4. The van der Waals surface area contributed by atoms with Crippen molar-refractivity contribution in [2.45, 2.75) is 20.3 Å². The van der Waals surface area contributed by atoms with Gasteiger partial charge in [0.1, 0.15) is 0 Å². The Balaban J connectivity index is 1.81. The lowest BCUT2D eigenvalue weighted by atomic mass is 10.1. The predicted octanol–water partition coefficient (Wildman–Crippen LogP) is 4.00. The molecule has 5 heteroatoms. The van der Waals surface area contributed by atoms with E-state index in [9.17, 15) is 4.79 Å². The lowest BCUT2D eigenvalue weighted by Crippen LogP contribution is -2.17. The first-order valence-corrected chi connectivity index (χ1v) is 8.75. The minimum Gasteiger partial charge on any atom is -0.402 e. The lowest BCUT2D eigenvalue weighted by molar-refractivity contribution is -0.129. The molecule has 2 aromatic rings. The molecule has 1 aliphatic rings. The van der Waals surface area contributed by atoms with Gasteiger partial charge in [-0.05, 0) is 49.8 Å². The van der Waals surface area contributed by atoms with Crippen molar-refractivity contribution in [3.63, 3.8) is 0 Å². The van der Waals surface area contributed by atoms with Gasteiger partial charge in [-0.2, -0.15) is 5.26 Å². The van der Waals surface area contributed by atoms with Crippen molar-refractivity contribution >= 4 is 23.6 Å². The second kappa shape index (κ2) is 7.88. The first-order valence-electron chi connectivity index (χ1n) is 8.75. The number of aliphatic imine (C=N–C) groups is 1. The number of hydrogen-bond donors (Lipinski definition) is 0. The zero-order chi connectivity index (χ0) is 19.4. The highest BCUT2D eigenvalue weighted by Crippen LogP contribution is 2.22. The van der Waals surface area contributed by atoms with Crippen molar-refractivity contribution < 1.29 is 9.53 Å². The van der Waals surface area contributed by atoms with Crippen molar-refractivity contribution in [3.8, 4) is 6.07 Å². The lowest BCUT2D eigenvalue weighted by Gasteiger charge is -2.17. The third kappa shape index (κ3) is 4.42. The summed E-state index contributed by atoms with van der Waals surface area (Å²) in [6, 6.07) is 15.9. The number of cyclic esters (lactones) is 1. The molecule has 3 rings (SSSR count). The molecule has 1 aliphatic heterocycles. The first-order chi connectivity index (χ1) is 13.0. The number of aryl methyl sites for hydroxylation is 2. The van der Waals surface area contributed by atoms with E-state index in [1.807, 2.05) is 62.2 Å². The summed E-state index contributed by atoms with van der Waals surface area (Å²) in [4.78, 5) is 18.6. The number of nitrogens with zero attached hydrogens (tertiary/aromatic N) is 3. The fourth-order valence-electron chi connectivity index (χ4n) is 2.96. The van der Waals surface area contributed by atoms with E-state index in [1.165, 1.54) is 0 Å². The molecule has 0 atom stereocenters. The fourth-order valence-corrected chi connectivity index (χ4v) is 2.96. The van der Waals surface area contributed by atoms with Gasteiger partial charge in [0.25, 0.3) is 0 Å². The van der Waals surface area contributed by atoms with Crippen LogP contribution in [0.3, 0.4) is 0 Å². The van der Waals surface area contributed by atoms with E-state index in [2.05, 4.69) is 17.1 Å². The molecular formula is C22H21N3O2. The maximum Gasteiger partial charge on any atom is 0.363 e. The van der Waals surface area contributed by atoms with Crippen LogP contribution in [0.25, 0.3) is 6.08 Å². The Labute approximate surface area is 159 Å². The summed E-state index contributed by atoms with van der Waals surface area (Å²) in [5, 5.41) is 8.68. The molecule has 5 nitrogen and oxygen atoms in total. The maximum atomic E-state index is 12.2. The van der Waals surface area contributed by atoms with Crippen LogP contribution in [0.5, 0.6) is 0 Å². The fraction of sp³-hybridized carbons (Fsp3) is 0.227. The van der Waals surface area contributed by atoms with Crippen LogP contribution < -0.4 is 4.90 Å². The number of benzene rings is 2. The monoisotopic (exact) mass is 359 g/mol. The molecule has 136 valence electrons. The van der Waals surface area contributed by atoms with Gasteiger partial charge in [-0.25, -0.2) is 9.79 Å². The highest BCUT2D eigenvalue weighted by atomic mass is 16.6. The molecule has 0 bridgehead atoms. The molecule has 0 saturated heterocycles. The standard InChI is InChI=1S/C22H21N3O2/c1-15-11-16(2)13-18(12-15)21-24-20(22(26)27-21)14-17-5-7-19(8-6-17)25(3)10-4-9-23/h5-8,11-14H,4,10H2,1-3H3/b20-14-. The summed E-state index contributed by atoms with van der Waals surface area (Å²) >= 11 is 0. The zero-order valence-electron chi connectivity index (χ0n) is 15.7. The van der Waals surface area contributed by atoms with Crippen LogP contribution in [0.4, 0.5) is 5.69 Å². The van der Waals surface area contributed by atoms with Gasteiger partial charge in [0.15, 0.2) is 5.70 Å². The summed E-state index contributed by atoms with van der Waals surface area (Å²) in [6.07, 6.45) is 2.20. The van der Waals surface area contributed by atoms with E-state index < -0.39 is 5.97 Å². The van der Waals surface area contributed by atoms with Crippen LogP contribution in [-0.2, 0) is 9.53 Å². The molecule has 0 unspecified atom stereocenters. The molecular weight excluding hydrogens is 338 g/mol. The molecule has 0 aliphatic carbocycles. The molecule has 27 heavy (non-hydrogen) atoms. The minimum absolute atomic E-state index is 0.287. The van der Waals surface area contributed by atoms with Gasteiger partial charge in [0.2, 0.25) is 5.90 Å². The number of rotatable bonds is 5. The quantitative estimate of drug-likeness (QED) is 0.598. The van der Waals surface area contributed by atoms with Crippen LogP contribution in [0, 0.1) is 25.2 Å². The van der Waals surface area contributed by atoms with Crippen LogP contribution >= 0.6 is 0 Å². The van der Waals surface area contributed by atoms with Crippen molar-refractivity contribution in [1.82, 2.24) is 0 Å². The van der Waals surface area contributed by atoms with Gasteiger partial charge >= 0.3 is 5.97 Å². The Morgan fingerprint density at radius 2 is 1.81 bits per heavy atom. The van der Waals surface area contributed by atoms with E-state index >= 15 is 0 Å². The van der Waals surface area contributed by atoms with Crippen molar-refractivity contribution in [2.24, 2.45) is 4.99 Å². The van der Waals surface area contributed by atoms with Gasteiger partial charge in [-0.3, -0.25) is 0 Å². The van der Waals surface area contributed by atoms with E-state index in [0.29, 0.717) is 18.9 Å². The van der Waals surface area contributed by atoms with Gasteiger partial charge < -0.3 is 9.64 Å². The Kier molecular flexibility index (Phi) is 5.37. The summed E-state index contributed by atoms with van der Waals surface area (Å²) in [6.45, 7) is 4.67. The molecule has 0 amide bonds. The highest BCUT2D eigenvalue weighted by Gasteiger charge is 2.24. The number of hydrogen-bond acceptors (Lipinski definition) is 5. The number of nitriles is 1. The average Bonchev–Trinajstić information content (AvgIpc) is 3.00. The predicted molar refractivity (Wildman–Crippen MR) is 106 cm³/mol. The second-order valence-electron chi connectivity index (χ2n) is 6.63. The van der Waals surface area contributed by atoms with Crippen molar-refractivity contribution in [2.75, 3.05) is 18.5 Å². The summed E-state index contributed by atoms with van der Waals surface area (Å²) in [7, 11) is 1.94. The Morgan fingerprint density at radius 1 is 1.15 bits per heavy atom. The van der Waals surface area contributed by atoms with Crippen molar-refractivity contribution in [1.29, 1.82) is 5.26 Å². The molecule has 0 spiro atoms. The van der Waals surface area contributed by atoms with Crippen LogP contribution in [0.2, 0.25) is 0 Å². The van der Waals surface area contributed by atoms with E-state index in [1.54, 1.807) is 6.08 Å². The van der Waals surface area contributed by atoms with E-state index in [-0.39, 0.29) is 5.70 Å². The summed E-state index contributed by atoms with van der Waals surface area (Å²) < 4.78 is 5.35. The van der Waals surface area contributed by atoms with Crippen LogP contribution in [0.1, 0.15) is 28.7 Å². The molecule has 1 heterocycles. The number of carbonyl (C=O) groups excluding carboxylic acids is 1. The topological polar surface area (TPSA) is 65.7 Å². The maximum absolute atomic E-state index is 12.2. The van der Waals surface area contributed by atoms with E-state index in [0.717, 1.165) is 27.9 Å². The zero-order valence-corrected chi connectivity index (χ0v) is 15.7. The third-order valence-electron chi connectivity index (χ3n) is 4.29. The highest BCUT2D eigenvalue weighted by molar-refractivity contribution is 6.13. The van der Waals surface area contributed by atoms with Crippen molar-refractivity contribution in [3.05, 3.63) is 70.4 Å². The van der Waals surface area contributed by atoms with E-state index in [4.69, 9.17) is 10.00 Å². The second-order valence-corrected chi connectivity index (χ2v) is 6.63. The smallest absolute Gasteiger partial charge is 0.363 e. The Morgan fingerprint density at radius 3 is 2.44 bits per heavy atom. The molecule has 0 saturated carbocycles.